The average Bonchev–Trinajstić information content (AvgIpc) is 2.33. The number of nitrogen functional groups attached to an aromatic ring is 2. The maximum absolute atomic E-state index is 12.2. The lowest BCUT2D eigenvalue weighted by Gasteiger charge is -2.35. The first-order valence-corrected chi connectivity index (χ1v) is 7.38. The van der Waals surface area contributed by atoms with E-state index in [1.54, 1.807) is 0 Å². The normalized spacial score (nSPS) is 22.8. The van der Waals surface area contributed by atoms with E-state index in [1.807, 2.05) is 18.7 Å². The lowest BCUT2D eigenvalue weighted by Crippen LogP contribution is -2.48. The number of nitrogens with zero attached hydrogens (tertiary/aromatic N) is 3. The number of carbonyl (C=O) groups excluding carboxylic acids is 1. The molecule has 0 bridgehead atoms. The summed E-state index contributed by atoms with van der Waals surface area (Å²) in [6.45, 7) is 5.16. The molecule has 0 aliphatic carbocycles. The molecule has 110 valence electrons. The topological polar surface area (TPSA) is 107 Å². The van der Waals surface area contributed by atoms with Crippen molar-refractivity contribution in [2.24, 2.45) is 0 Å². The van der Waals surface area contributed by atoms with E-state index in [0.717, 1.165) is 0 Å². The highest BCUT2D eigenvalue weighted by molar-refractivity contribution is 7.99. The van der Waals surface area contributed by atoms with Gasteiger partial charge in [0, 0.05) is 19.2 Å². The van der Waals surface area contributed by atoms with Crippen molar-refractivity contribution >= 4 is 29.3 Å². The van der Waals surface area contributed by atoms with Crippen LogP contribution in [0.4, 0.5) is 11.6 Å². The number of anilines is 2. The number of nitrogens with two attached hydrogens (primary N) is 2. The Morgan fingerprint density at radius 3 is 2.45 bits per heavy atom. The maximum atomic E-state index is 12.2. The summed E-state index contributed by atoms with van der Waals surface area (Å²) in [7, 11) is 0. The second kappa shape index (κ2) is 6.27. The molecule has 1 fully saturated rings. The zero-order valence-corrected chi connectivity index (χ0v) is 12.4. The molecule has 0 radical (unpaired) electrons. The van der Waals surface area contributed by atoms with Gasteiger partial charge in [0.15, 0.2) is 5.16 Å². The van der Waals surface area contributed by atoms with Crippen LogP contribution < -0.4 is 11.5 Å². The van der Waals surface area contributed by atoms with Crippen molar-refractivity contribution in [3.05, 3.63) is 6.07 Å². The number of aromatic nitrogens is 2. The SMILES string of the molecule is CC1CN(C(=O)CSc2nc(N)cc(N)n2)CC(C)O1. The van der Waals surface area contributed by atoms with Gasteiger partial charge in [-0.3, -0.25) is 4.79 Å². The van der Waals surface area contributed by atoms with Crippen molar-refractivity contribution < 1.29 is 9.53 Å². The van der Waals surface area contributed by atoms with Gasteiger partial charge in [-0.25, -0.2) is 9.97 Å². The zero-order chi connectivity index (χ0) is 14.7. The second-order valence-corrected chi connectivity index (χ2v) is 5.79. The summed E-state index contributed by atoms with van der Waals surface area (Å²) < 4.78 is 5.60. The number of hydrogen-bond donors (Lipinski definition) is 2. The molecule has 1 aliphatic rings. The molecule has 1 saturated heterocycles. The fourth-order valence-electron chi connectivity index (χ4n) is 2.13. The van der Waals surface area contributed by atoms with Crippen LogP contribution in [0.5, 0.6) is 0 Å². The highest BCUT2D eigenvalue weighted by atomic mass is 32.2. The minimum absolute atomic E-state index is 0.0431. The molecule has 4 N–H and O–H groups in total. The van der Waals surface area contributed by atoms with E-state index >= 15 is 0 Å². The standard InChI is InChI=1S/C12H19N5O2S/c1-7-4-17(5-8(2)19-7)11(18)6-20-12-15-9(13)3-10(14)16-12/h3,7-8H,4-6H2,1-2H3,(H4,13,14,15,16). The number of ether oxygens (including phenoxy) is 1. The fraction of sp³-hybridized carbons (Fsp3) is 0.583. The summed E-state index contributed by atoms with van der Waals surface area (Å²) in [5.74, 6) is 0.922. The minimum atomic E-state index is 0.0431. The number of rotatable bonds is 3. The van der Waals surface area contributed by atoms with Gasteiger partial charge in [0.05, 0.1) is 18.0 Å². The summed E-state index contributed by atoms with van der Waals surface area (Å²) in [5.41, 5.74) is 11.2. The monoisotopic (exact) mass is 297 g/mol. The Morgan fingerprint density at radius 2 is 1.90 bits per heavy atom. The molecule has 1 amide bonds. The summed E-state index contributed by atoms with van der Waals surface area (Å²) in [4.78, 5) is 22.0. The predicted octanol–water partition coefficient (Wildman–Crippen LogP) is 0.369. The maximum Gasteiger partial charge on any atom is 0.233 e. The van der Waals surface area contributed by atoms with Crippen LogP contribution in [-0.4, -0.2) is 51.8 Å². The molecule has 2 rings (SSSR count). The van der Waals surface area contributed by atoms with Crippen molar-refractivity contribution in [3.8, 4) is 0 Å². The molecule has 7 nitrogen and oxygen atoms in total. The lowest BCUT2D eigenvalue weighted by molar-refractivity contribution is -0.140. The Hall–Kier alpha value is -1.54. The van der Waals surface area contributed by atoms with Gasteiger partial charge in [-0.1, -0.05) is 11.8 Å². The van der Waals surface area contributed by atoms with Crippen molar-refractivity contribution in [1.82, 2.24) is 14.9 Å². The van der Waals surface area contributed by atoms with Crippen molar-refractivity contribution in [1.29, 1.82) is 0 Å². The van der Waals surface area contributed by atoms with Crippen molar-refractivity contribution in [3.63, 3.8) is 0 Å². The molecule has 8 heteroatoms. The van der Waals surface area contributed by atoms with E-state index in [9.17, 15) is 4.79 Å². The fourth-order valence-corrected chi connectivity index (χ4v) is 2.90. The van der Waals surface area contributed by atoms with E-state index in [-0.39, 0.29) is 23.9 Å². The van der Waals surface area contributed by atoms with Crippen molar-refractivity contribution in [2.45, 2.75) is 31.2 Å². The van der Waals surface area contributed by atoms with E-state index in [0.29, 0.717) is 29.9 Å². The Bertz CT molecular complexity index is 468. The van der Waals surface area contributed by atoms with Crippen LogP contribution in [0.1, 0.15) is 13.8 Å². The highest BCUT2D eigenvalue weighted by Crippen LogP contribution is 2.18. The lowest BCUT2D eigenvalue weighted by atomic mass is 10.2. The van der Waals surface area contributed by atoms with Gasteiger partial charge in [-0.15, -0.1) is 0 Å². The first-order chi connectivity index (χ1) is 9.44. The predicted molar refractivity (Wildman–Crippen MR) is 78.2 cm³/mol. The second-order valence-electron chi connectivity index (χ2n) is 4.84. The van der Waals surface area contributed by atoms with E-state index in [4.69, 9.17) is 16.2 Å². The quantitative estimate of drug-likeness (QED) is 0.613. The number of morpholine rings is 1. The van der Waals surface area contributed by atoms with Gasteiger partial charge in [0.1, 0.15) is 11.6 Å². The molecule has 2 heterocycles. The Morgan fingerprint density at radius 1 is 1.35 bits per heavy atom. The van der Waals surface area contributed by atoms with E-state index < -0.39 is 0 Å². The van der Waals surface area contributed by atoms with E-state index in [1.165, 1.54) is 17.8 Å². The molecule has 1 aromatic rings. The molecule has 2 atom stereocenters. The van der Waals surface area contributed by atoms with Crippen LogP contribution >= 0.6 is 11.8 Å². The number of carbonyl (C=O) groups is 1. The molecular weight excluding hydrogens is 278 g/mol. The Kier molecular flexibility index (Phi) is 4.66. The minimum Gasteiger partial charge on any atom is -0.383 e. The van der Waals surface area contributed by atoms with Gasteiger partial charge >= 0.3 is 0 Å². The molecule has 0 aromatic carbocycles. The third-order valence-corrected chi connectivity index (χ3v) is 3.67. The average molecular weight is 297 g/mol. The van der Waals surface area contributed by atoms with Gasteiger partial charge in [0.2, 0.25) is 5.91 Å². The Labute approximate surface area is 122 Å². The summed E-state index contributed by atoms with van der Waals surface area (Å²) in [6, 6.07) is 1.48. The summed E-state index contributed by atoms with van der Waals surface area (Å²) >= 11 is 1.24. The van der Waals surface area contributed by atoms with Gasteiger partial charge in [0.25, 0.3) is 0 Å². The van der Waals surface area contributed by atoms with Gasteiger partial charge < -0.3 is 21.1 Å². The van der Waals surface area contributed by atoms with Crippen LogP contribution in [0.3, 0.4) is 0 Å². The molecule has 20 heavy (non-hydrogen) atoms. The zero-order valence-electron chi connectivity index (χ0n) is 11.6. The highest BCUT2D eigenvalue weighted by Gasteiger charge is 2.25. The molecule has 1 aromatic heterocycles. The molecule has 1 aliphatic heterocycles. The Balaban J connectivity index is 1.91. The first-order valence-electron chi connectivity index (χ1n) is 6.40. The molecule has 2 unspecified atom stereocenters. The van der Waals surface area contributed by atoms with E-state index in [2.05, 4.69) is 9.97 Å². The van der Waals surface area contributed by atoms with Gasteiger partial charge in [-0.05, 0) is 13.8 Å². The van der Waals surface area contributed by atoms with Crippen LogP contribution in [0, 0.1) is 0 Å². The smallest absolute Gasteiger partial charge is 0.233 e. The third kappa shape index (κ3) is 3.97. The van der Waals surface area contributed by atoms with Crippen LogP contribution in [0.25, 0.3) is 0 Å². The first kappa shape index (κ1) is 14.9. The number of hydrogen-bond acceptors (Lipinski definition) is 7. The summed E-state index contributed by atoms with van der Waals surface area (Å²) in [6.07, 6.45) is 0.124. The van der Waals surface area contributed by atoms with Crippen LogP contribution in [-0.2, 0) is 9.53 Å². The largest absolute Gasteiger partial charge is 0.383 e. The molecule has 0 saturated carbocycles. The van der Waals surface area contributed by atoms with Crippen molar-refractivity contribution in [2.75, 3.05) is 30.3 Å². The van der Waals surface area contributed by atoms with Crippen LogP contribution in [0.15, 0.2) is 11.2 Å². The number of amides is 1. The molecule has 0 spiro atoms. The third-order valence-electron chi connectivity index (χ3n) is 2.84. The summed E-state index contributed by atoms with van der Waals surface area (Å²) in [5, 5.41) is 0.421. The number of thioether (sulfide) groups is 1. The van der Waals surface area contributed by atoms with Crippen LogP contribution in [0.2, 0.25) is 0 Å². The molecular formula is C12H19N5O2S. The van der Waals surface area contributed by atoms with Gasteiger partial charge in [-0.2, -0.15) is 0 Å².